The lowest BCUT2D eigenvalue weighted by atomic mass is 9.85. The van der Waals surface area contributed by atoms with Crippen LogP contribution in [0.1, 0.15) is 41.5 Å². The molecular formula is C11H15NO. The zero-order chi connectivity index (χ0) is 9.42. The lowest BCUT2D eigenvalue weighted by Crippen LogP contribution is -2.20. The van der Waals surface area contributed by atoms with E-state index >= 15 is 0 Å². The van der Waals surface area contributed by atoms with E-state index in [1.807, 2.05) is 13.0 Å². The highest BCUT2D eigenvalue weighted by molar-refractivity contribution is 6.00. The Morgan fingerprint density at radius 1 is 1.62 bits per heavy atom. The topological polar surface area (TPSA) is 32.9 Å². The molecule has 70 valence electrons. The molecule has 1 N–H and O–H groups in total. The van der Waals surface area contributed by atoms with Crippen LogP contribution in [0.4, 0.5) is 0 Å². The van der Waals surface area contributed by atoms with Crippen molar-refractivity contribution in [3.05, 3.63) is 23.0 Å². The molecule has 1 aromatic heterocycles. The van der Waals surface area contributed by atoms with Gasteiger partial charge in [-0.2, -0.15) is 0 Å². The Morgan fingerprint density at radius 3 is 3.08 bits per heavy atom. The van der Waals surface area contributed by atoms with E-state index in [0.717, 1.165) is 36.2 Å². The molecule has 1 heterocycles. The first kappa shape index (κ1) is 8.54. The SMILES string of the molecule is CCC1CCc2[nH]c(C)cc2C1=O. The summed E-state index contributed by atoms with van der Waals surface area (Å²) in [7, 11) is 0. The maximum Gasteiger partial charge on any atom is 0.167 e. The Bertz CT molecular complexity index is 338. The first-order valence-electron chi connectivity index (χ1n) is 4.95. The molecule has 0 radical (unpaired) electrons. The molecule has 0 aromatic carbocycles. The number of carbonyl (C=O) groups excluding carboxylic acids is 1. The molecule has 2 nitrogen and oxygen atoms in total. The summed E-state index contributed by atoms with van der Waals surface area (Å²) in [4.78, 5) is 15.1. The van der Waals surface area contributed by atoms with Crippen LogP contribution in [-0.4, -0.2) is 10.8 Å². The van der Waals surface area contributed by atoms with Crippen molar-refractivity contribution in [2.24, 2.45) is 5.92 Å². The number of carbonyl (C=O) groups is 1. The van der Waals surface area contributed by atoms with Crippen LogP contribution < -0.4 is 0 Å². The lowest BCUT2D eigenvalue weighted by molar-refractivity contribution is 0.0898. The summed E-state index contributed by atoms with van der Waals surface area (Å²) >= 11 is 0. The Balaban J connectivity index is 2.38. The zero-order valence-electron chi connectivity index (χ0n) is 8.18. The molecule has 0 bridgehead atoms. The van der Waals surface area contributed by atoms with E-state index in [1.165, 1.54) is 0 Å². The van der Waals surface area contributed by atoms with Gasteiger partial charge in [0.05, 0.1) is 0 Å². The third kappa shape index (κ3) is 1.30. The predicted molar refractivity (Wildman–Crippen MR) is 52.0 cm³/mol. The molecule has 0 fully saturated rings. The van der Waals surface area contributed by atoms with Gasteiger partial charge in [0.15, 0.2) is 5.78 Å². The van der Waals surface area contributed by atoms with Crippen LogP contribution in [0.25, 0.3) is 0 Å². The van der Waals surface area contributed by atoms with Gasteiger partial charge >= 0.3 is 0 Å². The van der Waals surface area contributed by atoms with Gasteiger partial charge in [-0.05, 0) is 32.3 Å². The molecule has 0 spiro atoms. The standard InChI is InChI=1S/C11H15NO/c1-3-8-4-5-10-9(11(8)13)6-7(2)12-10/h6,8,12H,3-5H2,1-2H3. The number of nitrogens with one attached hydrogen (secondary N) is 1. The molecule has 13 heavy (non-hydrogen) atoms. The van der Waals surface area contributed by atoms with E-state index in [4.69, 9.17) is 0 Å². The maximum atomic E-state index is 11.8. The normalized spacial score (nSPS) is 21.7. The summed E-state index contributed by atoms with van der Waals surface area (Å²) < 4.78 is 0. The lowest BCUT2D eigenvalue weighted by Gasteiger charge is -2.18. The van der Waals surface area contributed by atoms with Crippen molar-refractivity contribution in [2.45, 2.75) is 33.1 Å². The van der Waals surface area contributed by atoms with Crippen LogP contribution in [0.2, 0.25) is 0 Å². The molecule has 2 rings (SSSR count). The number of ketones is 1. The van der Waals surface area contributed by atoms with E-state index in [2.05, 4.69) is 11.9 Å². The van der Waals surface area contributed by atoms with Gasteiger partial charge in [0.25, 0.3) is 0 Å². The Morgan fingerprint density at radius 2 is 2.38 bits per heavy atom. The van der Waals surface area contributed by atoms with Crippen molar-refractivity contribution in [3.63, 3.8) is 0 Å². The molecule has 0 amide bonds. The van der Waals surface area contributed by atoms with Crippen molar-refractivity contribution in [3.8, 4) is 0 Å². The van der Waals surface area contributed by atoms with E-state index in [-0.39, 0.29) is 5.92 Å². The van der Waals surface area contributed by atoms with Gasteiger partial charge in [0.2, 0.25) is 0 Å². The third-order valence-corrected chi connectivity index (χ3v) is 2.91. The van der Waals surface area contributed by atoms with Crippen molar-refractivity contribution in [2.75, 3.05) is 0 Å². The molecule has 1 aliphatic carbocycles. The number of Topliss-reactive ketones (excluding diaryl/α,β-unsaturated/α-hetero) is 1. The number of rotatable bonds is 1. The second-order valence-electron chi connectivity index (χ2n) is 3.85. The summed E-state index contributed by atoms with van der Waals surface area (Å²) in [6.45, 7) is 4.10. The van der Waals surface area contributed by atoms with Crippen molar-refractivity contribution in [1.82, 2.24) is 4.98 Å². The van der Waals surface area contributed by atoms with Crippen LogP contribution in [-0.2, 0) is 6.42 Å². The van der Waals surface area contributed by atoms with Crippen LogP contribution in [0.5, 0.6) is 0 Å². The van der Waals surface area contributed by atoms with Crippen LogP contribution in [0.15, 0.2) is 6.07 Å². The molecular weight excluding hydrogens is 162 g/mol. The number of aromatic amines is 1. The fraction of sp³-hybridized carbons (Fsp3) is 0.545. The molecule has 1 aliphatic rings. The number of aryl methyl sites for hydroxylation is 2. The monoisotopic (exact) mass is 177 g/mol. The molecule has 2 heteroatoms. The summed E-state index contributed by atoms with van der Waals surface area (Å²) in [5.74, 6) is 0.607. The van der Waals surface area contributed by atoms with Crippen molar-refractivity contribution in [1.29, 1.82) is 0 Å². The zero-order valence-corrected chi connectivity index (χ0v) is 8.18. The van der Waals surface area contributed by atoms with Gasteiger partial charge in [-0.15, -0.1) is 0 Å². The highest BCUT2D eigenvalue weighted by Gasteiger charge is 2.26. The smallest absolute Gasteiger partial charge is 0.167 e. The van der Waals surface area contributed by atoms with E-state index < -0.39 is 0 Å². The van der Waals surface area contributed by atoms with Crippen LogP contribution >= 0.6 is 0 Å². The summed E-state index contributed by atoms with van der Waals surface area (Å²) in [5, 5.41) is 0. The number of fused-ring (bicyclic) bond motifs is 1. The van der Waals surface area contributed by atoms with E-state index in [1.54, 1.807) is 0 Å². The molecule has 0 saturated carbocycles. The van der Waals surface area contributed by atoms with E-state index in [9.17, 15) is 4.79 Å². The molecule has 1 aromatic rings. The van der Waals surface area contributed by atoms with Gasteiger partial charge in [-0.25, -0.2) is 0 Å². The minimum atomic E-state index is 0.266. The maximum absolute atomic E-state index is 11.8. The van der Waals surface area contributed by atoms with Crippen LogP contribution in [0, 0.1) is 12.8 Å². The first-order valence-corrected chi connectivity index (χ1v) is 4.95. The molecule has 1 atom stereocenters. The molecule has 1 unspecified atom stereocenters. The van der Waals surface area contributed by atoms with Gasteiger partial charge < -0.3 is 4.98 Å². The number of aromatic nitrogens is 1. The average molecular weight is 177 g/mol. The first-order chi connectivity index (χ1) is 6.22. The fourth-order valence-electron chi connectivity index (χ4n) is 2.12. The molecule has 0 aliphatic heterocycles. The highest BCUT2D eigenvalue weighted by Crippen LogP contribution is 2.27. The second kappa shape index (κ2) is 3.02. The van der Waals surface area contributed by atoms with Gasteiger partial charge in [0, 0.05) is 22.9 Å². The van der Waals surface area contributed by atoms with Gasteiger partial charge in [-0.3, -0.25) is 4.79 Å². The quantitative estimate of drug-likeness (QED) is 0.702. The average Bonchev–Trinajstić information content (AvgIpc) is 2.47. The molecule has 0 saturated heterocycles. The van der Waals surface area contributed by atoms with Crippen LogP contribution in [0.3, 0.4) is 0 Å². The second-order valence-corrected chi connectivity index (χ2v) is 3.85. The number of H-pyrrole nitrogens is 1. The minimum Gasteiger partial charge on any atom is -0.362 e. The Kier molecular flexibility index (Phi) is 1.98. The Labute approximate surface area is 78.4 Å². The Hall–Kier alpha value is -1.05. The van der Waals surface area contributed by atoms with Gasteiger partial charge in [0.1, 0.15) is 0 Å². The summed E-state index contributed by atoms with van der Waals surface area (Å²) in [6, 6.07) is 1.99. The highest BCUT2D eigenvalue weighted by atomic mass is 16.1. The van der Waals surface area contributed by atoms with Gasteiger partial charge in [-0.1, -0.05) is 6.92 Å². The minimum absolute atomic E-state index is 0.266. The largest absolute Gasteiger partial charge is 0.362 e. The fourth-order valence-corrected chi connectivity index (χ4v) is 2.12. The van der Waals surface area contributed by atoms with Crippen molar-refractivity contribution >= 4 is 5.78 Å². The third-order valence-electron chi connectivity index (χ3n) is 2.91. The summed E-state index contributed by atoms with van der Waals surface area (Å²) in [6.07, 6.45) is 3.03. The number of hydrogen-bond donors (Lipinski definition) is 1. The predicted octanol–water partition coefficient (Wildman–Crippen LogP) is 2.48. The summed E-state index contributed by atoms with van der Waals surface area (Å²) in [5.41, 5.74) is 3.19. The number of hydrogen-bond acceptors (Lipinski definition) is 1. The van der Waals surface area contributed by atoms with Crippen molar-refractivity contribution < 1.29 is 4.79 Å². The van der Waals surface area contributed by atoms with E-state index in [0.29, 0.717) is 5.78 Å².